The van der Waals surface area contributed by atoms with E-state index >= 15 is 0 Å². The number of nitrogens with one attached hydrogen (secondary N) is 2. The minimum Gasteiger partial charge on any atom is -0.448 e. The molecule has 0 aliphatic carbocycles. The molecular formula is C15H25N6O2+. The molecule has 1 aliphatic heterocycles. The van der Waals surface area contributed by atoms with Crippen molar-refractivity contribution in [1.82, 2.24) is 19.9 Å². The van der Waals surface area contributed by atoms with Crippen LogP contribution in [0.5, 0.6) is 6.01 Å². The van der Waals surface area contributed by atoms with Crippen LogP contribution in [0.1, 0.15) is 26.2 Å². The van der Waals surface area contributed by atoms with Crippen LogP contribution in [0, 0.1) is 0 Å². The minimum atomic E-state index is 0.0960. The summed E-state index contributed by atoms with van der Waals surface area (Å²) < 4.78 is 11.4. The highest BCUT2D eigenvalue weighted by molar-refractivity contribution is 5.78. The molecule has 1 unspecified atom stereocenters. The summed E-state index contributed by atoms with van der Waals surface area (Å²) in [4.78, 5) is 17.0. The molecule has 1 saturated heterocycles. The number of nitrogen functional groups attached to an aromatic ring is 1. The van der Waals surface area contributed by atoms with E-state index in [2.05, 4.69) is 31.8 Å². The average molecular weight is 321 g/mol. The number of H-pyrrole nitrogens is 2. The second-order valence-corrected chi connectivity index (χ2v) is 5.82. The molecule has 0 bridgehead atoms. The first-order valence-electron chi connectivity index (χ1n) is 8.25. The van der Waals surface area contributed by atoms with Crippen molar-refractivity contribution in [3.63, 3.8) is 0 Å². The number of imidazole rings is 1. The Bertz CT molecular complexity index is 625. The smallest absolute Gasteiger partial charge is 0.397 e. The van der Waals surface area contributed by atoms with Gasteiger partial charge in [0.15, 0.2) is 12.1 Å². The third kappa shape index (κ3) is 4.08. The molecule has 0 amide bonds. The highest BCUT2D eigenvalue weighted by atomic mass is 16.5. The number of aromatic nitrogens is 4. The van der Waals surface area contributed by atoms with Crippen LogP contribution in [-0.2, 0) is 4.74 Å². The van der Waals surface area contributed by atoms with Crippen molar-refractivity contribution in [3.05, 3.63) is 6.33 Å². The molecule has 2 aromatic rings. The largest absolute Gasteiger partial charge is 0.448 e. The lowest BCUT2D eigenvalue weighted by molar-refractivity contribution is -0.347. The van der Waals surface area contributed by atoms with Crippen molar-refractivity contribution >= 4 is 17.0 Å². The van der Waals surface area contributed by atoms with Crippen LogP contribution in [-0.4, -0.2) is 58.8 Å². The van der Waals surface area contributed by atoms with Crippen LogP contribution >= 0.6 is 0 Å². The van der Waals surface area contributed by atoms with E-state index in [1.54, 1.807) is 6.33 Å². The number of rotatable bonds is 7. The zero-order valence-electron chi connectivity index (χ0n) is 13.5. The molecule has 2 aromatic heterocycles. The summed E-state index contributed by atoms with van der Waals surface area (Å²) in [6.45, 7) is 6.78. The number of nitrogens with two attached hydrogens (primary N) is 1. The second kappa shape index (κ2) is 7.56. The van der Waals surface area contributed by atoms with Gasteiger partial charge in [0, 0.05) is 19.6 Å². The quantitative estimate of drug-likeness (QED) is 0.775. The monoisotopic (exact) mass is 321 g/mol. The van der Waals surface area contributed by atoms with E-state index in [0.29, 0.717) is 23.0 Å². The van der Waals surface area contributed by atoms with Crippen molar-refractivity contribution < 1.29 is 14.5 Å². The van der Waals surface area contributed by atoms with Crippen LogP contribution in [0.3, 0.4) is 0 Å². The molecule has 8 heteroatoms. The molecule has 0 spiro atoms. The summed E-state index contributed by atoms with van der Waals surface area (Å²) in [5.41, 5.74) is 7.31. The van der Waals surface area contributed by atoms with Gasteiger partial charge in [0.2, 0.25) is 5.52 Å². The predicted octanol–water partition coefficient (Wildman–Crippen LogP) is 0.624. The van der Waals surface area contributed by atoms with E-state index in [4.69, 9.17) is 15.2 Å². The highest BCUT2D eigenvalue weighted by Gasteiger charge is 2.20. The van der Waals surface area contributed by atoms with E-state index in [9.17, 15) is 0 Å². The first-order chi connectivity index (χ1) is 11.3. The molecule has 3 rings (SSSR count). The molecule has 23 heavy (non-hydrogen) atoms. The number of morpholine rings is 1. The van der Waals surface area contributed by atoms with Gasteiger partial charge in [0.05, 0.1) is 13.2 Å². The van der Waals surface area contributed by atoms with Crippen molar-refractivity contribution in [2.24, 2.45) is 0 Å². The van der Waals surface area contributed by atoms with Gasteiger partial charge < -0.3 is 15.2 Å². The van der Waals surface area contributed by atoms with Crippen molar-refractivity contribution in [3.8, 4) is 6.01 Å². The van der Waals surface area contributed by atoms with Crippen LogP contribution in [0.4, 0.5) is 5.82 Å². The molecule has 1 atom stereocenters. The van der Waals surface area contributed by atoms with Gasteiger partial charge >= 0.3 is 11.7 Å². The summed E-state index contributed by atoms with van der Waals surface area (Å²) >= 11 is 0. The molecule has 126 valence electrons. The van der Waals surface area contributed by atoms with E-state index in [-0.39, 0.29) is 6.10 Å². The fourth-order valence-electron chi connectivity index (χ4n) is 2.82. The van der Waals surface area contributed by atoms with E-state index in [0.717, 1.165) is 52.1 Å². The fourth-order valence-corrected chi connectivity index (χ4v) is 2.82. The first kappa shape index (κ1) is 15.9. The maximum Gasteiger partial charge on any atom is 0.397 e. The number of hydrogen-bond donors (Lipinski definition) is 2. The highest BCUT2D eigenvalue weighted by Crippen LogP contribution is 2.18. The van der Waals surface area contributed by atoms with Gasteiger partial charge in [-0.05, 0) is 17.8 Å². The Labute approximate surface area is 135 Å². The Hall–Kier alpha value is -1.93. The third-order valence-corrected chi connectivity index (χ3v) is 4.10. The van der Waals surface area contributed by atoms with Gasteiger partial charge in [0.1, 0.15) is 6.10 Å². The van der Waals surface area contributed by atoms with Crippen LogP contribution in [0.25, 0.3) is 11.2 Å². The number of aromatic amines is 2. The van der Waals surface area contributed by atoms with E-state index < -0.39 is 0 Å². The summed E-state index contributed by atoms with van der Waals surface area (Å²) in [7, 11) is 0. The Morgan fingerprint density at radius 1 is 1.39 bits per heavy atom. The topological polar surface area (TPSA) is 103 Å². The molecule has 0 saturated carbocycles. The lowest BCUT2D eigenvalue weighted by atomic mass is 10.1. The van der Waals surface area contributed by atoms with Crippen LogP contribution < -0.4 is 15.5 Å². The molecule has 4 N–H and O–H groups in total. The molecule has 1 aliphatic rings. The number of ether oxygens (including phenoxy) is 2. The third-order valence-electron chi connectivity index (χ3n) is 4.10. The average Bonchev–Trinajstić information content (AvgIpc) is 3.03. The summed E-state index contributed by atoms with van der Waals surface area (Å²) in [6, 6.07) is 0.339. The zero-order valence-corrected chi connectivity index (χ0v) is 13.5. The standard InChI is InChI=1S/C15H24N6O2/c1-2-3-11(4-5-21-6-8-22-9-7-21)23-15-19-13(16)12-14(20-15)18-10-17-12/h10-11H,2-9H2,1H3,(H3,16,17,18,19,20)/p+1. The number of hydrogen-bond acceptors (Lipinski definition) is 6. The number of anilines is 1. The summed E-state index contributed by atoms with van der Waals surface area (Å²) in [5, 5.41) is 0. The van der Waals surface area contributed by atoms with Gasteiger partial charge in [-0.3, -0.25) is 9.88 Å². The lowest BCUT2D eigenvalue weighted by Gasteiger charge is -2.28. The van der Waals surface area contributed by atoms with Gasteiger partial charge in [-0.25, -0.2) is 4.98 Å². The van der Waals surface area contributed by atoms with Gasteiger partial charge in [-0.1, -0.05) is 13.3 Å². The summed E-state index contributed by atoms with van der Waals surface area (Å²) in [5.74, 6) is 0.398. The van der Waals surface area contributed by atoms with Gasteiger partial charge in [-0.15, -0.1) is 0 Å². The maximum absolute atomic E-state index is 6.01. The maximum atomic E-state index is 6.01. The SMILES string of the molecule is CCCC(CCN1CCOCC1)Oc1nc(N)c2[nH]c[nH+]c2n1. The van der Waals surface area contributed by atoms with Crippen molar-refractivity contribution in [1.29, 1.82) is 0 Å². The van der Waals surface area contributed by atoms with Crippen molar-refractivity contribution in [2.45, 2.75) is 32.3 Å². The van der Waals surface area contributed by atoms with Crippen molar-refractivity contribution in [2.75, 3.05) is 38.6 Å². The zero-order chi connectivity index (χ0) is 16.1. The second-order valence-electron chi connectivity index (χ2n) is 5.82. The first-order valence-corrected chi connectivity index (χ1v) is 8.25. The Morgan fingerprint density at radius 2 is 2.22 bits per heavy atom. The molecule has 0 radical (unpaired) electrons. The molecule has 8 nitrogen and oxygen atoms in total. The van der Waals surface area contributed by atoms with E-state index in [1.165, 1.54) is 0 Å². The lowest BCUT2D eigenvalue weighted by Crippen LogP contribution is -2.38. The summed E-state index contributed by atoms with van der Waals surface area (Å²) in [6.07, 6.45) is 4.76. The van der Waals surface area contributed by atoms with Gasteiger partial charge in [-0.2, -0.15) is 4.98 Å². The Morgan fingerprint density at radius 3 is 3.00 bits per heavy atom. The van der Waals surface area contributed by atoms with E-state index in [1.807, 2.05) is 0 Å². The Kier molecular flexibility index (Phi) is 5.24. The predicted molar refractivity (Wildman–Crippen MR) is 86.1 cm³/mol. The minimum absolute atomic E-state index is 0.0960. The molecule has 0 aromatic carbocycles. The normalized spacial score (nSPS) is 17.4. The fraction of sp³-hybridized carbons (Fsp3) is 0.667. The number of nitrogens with zero attached hydrogens (tertiary/aromatic N) is 3. The van der Waals surface area contributed by atoms with Crippen LogP contribution in [0.2, 0.25) is 0 Å². The van der Waals surface area contributed by atoms with Crippen LogP contribution in [0.15, 0.2) is 6.33 Å². The molecule has 1 fully saturated rings. The van der Waals surface area contributed by atoms with Gasteiger partial charge in [0.25, 0.3) is 0 Å². The molecule has 3 heterocycles. The number of fused-ring (bicyclic) bond motifs is 1. The molecular weight excluding hydrogens is 296 g/mol. The Balaban J connectivity index is 1.62.